The molecule has 6 heteroatoms. The Hall–Kier alpha value is -0.970. The van der Waals surface area contributed by atoms with E-state index in [1.807, 2.05) is 0 Å². The van der Waals surface area contributed by atoms with Crippen LogP contribution >= 0.6 is 11.6 Å². The van der Waals surface area contributed by atoms with Crippen LogP contribution in [0.25, 0.3) is 0 Å². The highest BCUT2D eigenvalue weighted by Crippen LogP contribution is 2.37. The topological polar surface area (TPSA) is 26.0 Å². The van der Waals surface area contributed by atoms with Crippen molar-refractivity contribution in [3.05, 3.63) is 28.5 Å². The maximum atomic E-state index is 12.5. The maximum Gasteiger partial charge on any atom is 0.418 e. The third kappa shape index (κ3) is 2.03. The lowest BCUT2D eigenvalue weighted by atomic mass is 10.1. The Morgan fingerprint density at radius 3 is 2.23 bits per heavy atom. The lowest BCUT2D eigenvalue weighted by Gasteiger charge is -2.10. The van der Waals surface area contributed by atoms with Crippen LogP contribution in [-0.4, -0.2) is 0 Å². The van der Waals surface area contributed by atoms with Gasteiger partial charge in [-0.05, 0) is 12.1 Å². The predicted molar refractivity (Wildman–Crippen MR) is 40.8 cm³/mol. The quantitative estimate of drug-likeness (QED) is 0.520. The molecule has 0 aliphatic rings. The van der Waals surface area contributed by atoms with E-state index in [2.05, 4.69) is 0 Å². The fraction of sp³-hybridized carbons (Fsp3) is 0.143. The van der Waals surface area contributed by atoms with Gasteiger partial charge in [0.05, 0.1) is 16.3 Å². The number of hydrogen-bond acceptors (Lipinski definition) is 1. The summed E-state index contributed by atoms with van der Waals surface area (Å²) in [6.45, 7) is 0. The summed E-state index contributed by atoms with van der Waals surface area (Å²) in [5, 5.41) is -0.438. The molecule has 0 aliphatic heterocycles. The molecular weight excluding hydrogens is 210 g/mol. The number of nitrogens with two attached hydrogens (primary N) is 1. The molecule has 0 unspecified atom stereocenters. The van der Waals surface area contributed by atoms with Gasteiger partial charge in [-0.1, -0.05) is 11.6 Å². The van der Waals surface area contributed by atoms with Gasteiger partial charge in [0.2, 0.25) is 0 Å². The molecule has 1 aromatic carbocycles. The summed E-state index contributed by atoms with van der Waals surface area (Å²) in [4.78, 5) is 0. The van der Waals surface area contributed by atoms with Crippen molar-refractivity contribution in [3.8, 4) is 0 Å². The van der Waals surface area contributed by atoms with Crippen molar-refractivity contribution in [2.24, 2.45) is 0 Å². The highest BCUT2D eigenvalue weighted by molar-refractivity contribution is 6.33. The summed E-state index contributed by atoms with van der Waals surface area (Å²) in [5.74, 6) is -1.06. The molecule has 0 amide bonds. The second-order valence-corrected chi connectivity index (χ2v) is 2.75. The minimum Gasteiger partial charge on any atom is -0.397 e. The highest BCUT2D eigenvalue weighted by Gasteiger charge is 2.34. The third-order valence-electron chi connectivity index (χ3n) is 1.40. The van der Waals surface area contributed by atoms with Gasteiger partial charge < -0.3 is 5.73 Å². The Morgan fingerprint density at radius 1 is 1.23 bits per heavy atom. The van der Waals surface area contributed by atoms with Crippen molar-refractivity contribution < 1.29 is 17.6 Å². The molecule has 0 atom stereocenters. The average molecular weight is 214 g/mol. The molecule has 2 N–H and O–H groups in total. The second kappa shape index (κ2) is 3.06. The molecule has 13 heavy (non-hydrogen) atoms. The van der Waals surface area contributed by atoms with Gasteiger partial charge >= 0.3 is 6.18 Å². The van der Waals surface area contributed by atoms with E-state index >= 15 is 0 Å². The van der Waals surface area contributed by atoms with Crippen LogP contribution in [-0.2, 0) is 6.18 Å². The fourth-order valence-electron chi connectivity index (χ4n) is 0.819. The summed E-state index contributed by atoms with van der Waals surface area (Å²) < 4.78 is 48.8. The lowest BCUT2D eigenvalue weighted by molar-refractivity contribution is -0.137. The minimum absolute atomic E-state index is 0.307. The SMILES string of the molecule is Nc1c(Cl)cc(F)cc1C(F)(F)F. The lowest BCUT2D eigenvalue weighted by Crippen LogP contribution is -2.09. The number of rotatable bonds is 0. The first-order valence-corrected chi connectivity index (χ1v) is 3.52. The number of benzene rings is 1. The summed E-state index contributed by atoms with van der Waals surface area (Å²) in [7, 11) is 0. The van der Waals surface area contributed by atoms with Crippen LogP contribution in [0, 0.1) is 5.82 Å². The minimum atomic E-state index is -4.68. The molecule has 0 radical (unpaired) electrons. The molecule has 0 spiro atoms. The van der Waals surface area contributed by atoms with Crippen LogP contribution in [0.5, 0.6) is 0 Å². The Balaban J connectivity index is 3.37. The molecule has 0 saturated carbocycles. The molecule has 1 nitrogen and oxygen atoms in total. The Kier molecular flexibility index (Phi) is 2.38. The van der Waals surface area contributed by atoms with Gasteiger partial charge in [-0.25, -0.2) is 4.39 Å². The average Bonchev–Trinajstić information content (AvgIpc) is 1.94. The molecule has 0 fully saturated rings. The molecule has 1 rings (SSSR count). The molecule has 0 saturated heterocycles. The normalized spacial score (nSPS) is 11.8. The number of alkyl halides is 3. The first kappa shape index (κ1) is 10.1. The molecule has 0 aromatic heterocycles. The van der Waals surface area contributed by atoms with Gasteiger partial charge in [0.15, 0.2) is 0 Å². The Bertz CT molecular complexity index is 334. The summed E-state index contributed by atoms with van der Waals surface area (Å²) in [5.41, 5.74) is 3.11. The smallest absolute Gasteiger partial charge is 0.397 e. The van der Waals surface area contributed by atoms with Crippen LogP contribution in [0.15, 0.2) is 12.1 Å². The summed E-state index contributed by atoms with van der Waals surface area (Å²) in [6.07, 6.45) is -4.68. The standard InChI is InChI=1S/C7H4ClF4N/c8-5-2-3(9)1-4(6(5)13)7(10,11)12/h1-2H,13H2. The second-order valence-electron chi connectivity index (χ2n) is 2.35. The monoisotopic (exact) mass is 213 g/mol. The van der Waals surface area contributed by atoms with Crippen LogP contribution in [0.4, 0.5) is 23.2 Å². The van der Waals surface area contributed by atoms with Crippen LogP contribution in [0.1, 0.15) is 5.56 Å². The zero-order valence-corrected chi connectivity index (χ0v) is 6.88. The van der Waals surface area contributed by atoms with E-state index in [9.17, 15) is 17.6 Å². The van der Waals surface area contributed by atoms with Gasteiger partial charge in [0.1, 0.15) is 5.82 Å². The number of nitrogen functional groups attached to an aromatic ring is 1. The Labute approximate surface area is 76.1 Å². The number of anilines is 1. The Morgan fingerprint density at radius 2 is 1.77 bits per heavy atom. The van der Waals surface area contributed by atoms with Crippen LogP contribution < -0.4 is 5.73 Å². The van der Waals surface area contributed by atoms with E-state index in [1.165, 1.54) is 0 Å². The van der Waals surface area contributed by atoms with Gasteiger partial charge in [0.25, 0.3) is 0 Å². The molecule has 72 valence electrons. The van der Waals surface area contributed by atoms with Crippen LogP contribution in [0.2, 0.25) is 5.02 Å². The van der Waals surface area contributed by atoms with Gasteiger partial charge in [-0.3, -0.25) is 0 Å². The highest BCUT2D eigenvalue weighted by atomic mass is 35.5. The number of halogens is 5. The zero-order chi connectivity index (χ0) is 10.2. The van der Waals surface area contributed by atoms with Crippen molar-refractivity contribution >= 4 is 17.3 Å². The first-order valence-electron chi connectivity index (χ1n) is 3.14. The van der Waals surface area contributed by atoms with E-state index < -0.39 is 28.3 Å². The van der Waals surface area contributed by atoms with E-state index in [4.69, 9.17) is 17.3 Å². The van der Waals surface area contributed by atoms with Crippen molar-refractivity contribution in [1.82, 2.24) is 0 Å². The van der Waals surface area contributed by atoms with Gasteiger partial charge in [0, 0.05) is 0 Å². The molecule has 0 heterocycles. The molecule has 0 aliphatic carbocycles. The zero-order valence-electron chi connectivity index (χ0n) is 6.12. The van der Waals surface area contributed by atoms with Crippen molar-refractivity contribution in [2.75, 3.05) is 5.73 Å². The van der Waals surface area contributed by atoms with E-state index in [0.29, 0.717) is 6.07 Å². The number of hydrogen-bond donors (Lipinski definition) is 1. The van der Waals surface area contributed by atoms with E-state index in [-0.39, 0.29) is 0 Å². The molecule has 0 bridgehead atoms. The van der Waals surface area contributed by atoms with E-state index in [0.717, 1.165) is 6.07 Å². The van der Waals surface area contributed by atoms with E-state index in [1.54, 1.807) is 0 Å². The fourth-order valence-corrected chi connectivity index (χ4v) is 1.03. The van der Waals surface area contributed by atoms with Crippen LogP contribution in [0.3, 0.4) is 0 Å². The molecule has 1 aromatic rings. The van der Waals surface area contributed by atoms with Crippen molar-refractivity contribution in [2.45, 2.75) is 6.18 Å². The van der Waals surface area contributed by atoms with Crippen molar-refractivity contribution in [1.29, 1.82) is 0 Å². The third-order valence-corrected chi connectivity index (χ3v) is 1.71. The maximum absolute atomic E-state index is 12.5. The first-order chi connectivity index (χ1) is 5.82. The summed E-state index contributed by atoms with van der Waals surface area (Å²) in [6, 6.07) is 1.04. The van der Waals surface area contributed by atoms with Crippen molar-refractivity contribution in [3.63, 3.8) is 0 Å². The van der Waals surface area contributed by atoms with Gasteiger partial charge in [-0.2, -0.15) is 13.2 Å². The van der Waals surface area contributed by atoms with Gasteiger partial charge in [-0.15, -0.1) is 0 Å². The molecular formula is C7H4ClF4N. The largest absolute Gasteiger partial charge is 0.418 e. The summed E-state index contributed by atoms with van der Waals surface area (Å²) >= 11 is 5.26. The predicted octanol–water partition coefficient (Wildman–Crippen LogP) is 3.08.